The zero-order chi connectivity index (χ0) is 22.5. The summed E-state index contributed by atoms with van der Waals surface area (Å²) >= 11 is 0. The quantitative estimate of drug-likeness (QED) is 0.206. The van der Waals surface area contributed by atoms with Gasteiger partial charge in [-0.15, -0.1) is 0 Å². The highest BCUT2D eigenvalue weighted by Gasteiger charge is 2.72. The molecule has 5 N–H and O–H groups in total. The lowest BCUT2D eigenvalue weighted by Gasteiger charge is -2.39. The second kappa shape index (κ2) is 7.62. The van der Waals surface area contributed by atoms with E-state index in [1.807, 2.05) is 9.80 Å². The summed E-state index contributed by atoms with van der Waals surface area (Å²) in [5, 5.41) is 20.7. The number of carbonyl (C=O) groups excluding carboxylic acids is 3. The smallest absolute Gasteiger partial charge is 0.402 e. The molecule has 168 valence electrons. The van der Waals surface area contributed by atoms with Crippen LogP contribution in [0.5, 0.6) is 0 Å². The largest absolute Gasteiger partial charge is 0.465 e. The molecule has 4 aliphatic heterocycles. The molecule has 0 aromatic carbocycles. The lowest BCUT2D eigenvalue weighted by atomic mass is 9.84. The van der Waals surface area contributed by atoms with Crippen LogP contribution in [-0.4, -0.2) is 113 Å². The number of rotatable bonds is 4. The molecule has 3 fully saturated rings. The Morgan fingerprint density at radius 2 is 2.00 bits per heavy atom. The summed E-state index contributed by atoms with van der Waals surface area (Å²) in [7, 11) is 1.57. The number of amides is 2. The number of Topliss-reactive ketones (excluding diaryl/α,β-unsaturated/α-hetero) is 1. The van der Waals surface area contributed by atoms with Crippen molar-refractivity contribution in [2.24, 2.45) is 11.7 Å². The number of methoxy groups -OCH3 is 1. The van der Waals surface area contributed by atoms with E-state index in [-0.39, 0.29) is 30.3 Å². The number of carbonyl (C=O) groups is 4. The maximum absolute atomic E-state index is 13.4. The Morgan fingerprint density at radius 3 is 2.55 bits per heavy atom. The lowest BCUT2D eigenvalue weighted by molar-refractivity contribution is -0.136. The average Bonchev–Trinajstić information content (AvgIpc) is 3.35. The molecule has 0 saturated carbocycles. The van der Waals surface area contributed by atoms with Gasteiger partial charge in [0.2, 0.25) is 18.0 Å². The van der Waals surface area contributed by atoms with Crippen LogP contribution in [0.4, 0.5) is 4.79 Å². The predicted molar refractivity (Wildman–Crippen MR) is 104 cm³/mol. The molecule has 0 spiro atoms. The molecule has 12 heteroatoms. The van der Waals surface area contributed by atoms with Gasteiger partial charge in [-0.1, -0.05) is 0 Å². The summed E-state index contributed by atoms with van der Waals surface area (Å²) in [5.74, 6) is -0.999. The minimum absolute atomic E-state index is 0.00503. The summed E-state index contributed by atoms with van der Waals surface area (Å²) in [6.07, 6.45) is 0.879. The van der Waals surface area contributed by atoms with Crippen LogP contribution in [0, 0.1) is 5.92 Å². The van der Waals surface area contributed by atoms with E-state index in [1.54, 1.807) is 12.0 Å². The molecule has 0 radical (unpaired) electrons. The van der Waals surface area contributed by atoms with Crippen molar-refractivity contribution >= 4 is 24.1 Å². The van der Waals surface area contributed by atoms with Crippen molar-refractivity contribution in [3.63, 3.8) is 0 Å². The zero-order valence-electron chi connectivity index (χ0n) is 17.0. The SMILES string of the molecule is COC12C(CO)C3=C(C(=O)C=C(N4CCN(C=O)CC4)C3=O)N1CC1NC12.NC(=O)O. The molecule has 0 bridgehead atoms. The Morgan fingerprint density at radius 1 is 1.35 bits per heavy atom. The number of ether oxygens (including phenoxy) is 1. The summed E-state index contributed by atoms with van der Waals surface area (Å²) in [5.41, 5.74) is 4.25. The highest BCUT2D eigenvalue weighted by atomic mass is 16.5. The van der Waals surface area contributed by atoms with Gasteiger partial charge in [-0.25, -0.2) is 4.79 Å². The number of hydrogen-bond donors (Lipinski definition) is 4. The van der Waals surface area contributed by atoms with Crippen LogP contribution in [0.15, 0.2) is 23.0 Å². The first-order valence-electron chi connectivity index (χ1n) is 9.97. The summed E-state index contributed by atoms with van der Waals surface area (Å²) in [6, 6.07) is 0.225. The summed E-state index contributed by atoms with van der Waals surface area (Å²) < 4.78 is 5.85. The van der Waals surface area contributed by atoms with Gasteiger partial charge in [-0.05, 0) is 0 Å². The molecular formula is C19H25N5O7. The van der Waals surface area contributed by atoms with Crippen LogP contribution in [0.3, 0.4) is 0 Å². The third-order valence-corrected chi connectivity index (χ3v) is 6.60. The number of fused-ring (bicyclic) bond motifs is 4. The van der Waals surface area contributed by atoms with Crippen LogP contribution < -0.4 is 11.1 Å². The van der Waals surface area contributed by atoms with E-state index in [0.29, 0.717) is 49.7 Å². The molecule has 12 nitrogen and oxygen atoms in total. The Hall–Kier alpha value is -2.96. The summed E-state index contributed by atoms with van der Waals surface area (Å²) in [4.78, 5) is 51.5. The minimum atomic E-state index is -1.33. The van der Waals surface area contributed by atoms with Crippen LogP contribution in [0.2, 0.25) is 0 Å². The van der Waals surface area contributed by atoms with Gasteiger partial charge in [0.25, 0.3) is 0 Å². The van der Waals surface area contributed by atoms with Crippen LogP contribution in [0.1, 0.15) is 0 Å². The Kier molecular flexibility index (Phi) is 5.23. The average molecular weight is 435 g/mol. The van der Waals surface area contributed by atoms with Crippen LogP contribution in [0.25, 0.3) is 0 Å². The van der Waals surface area contributed by atoms with Crippen molar-refractivity contribution in [2.45, 2.75) is 17.8 Å². The van der Waals surface area contributed by atoms with Crippen LogP contribution in [-0.2, 0) is 19.1 Å². The molecule has 4 heterocycles. The number of primary amides is 1. The van der Waals surface area contributed by atoms with Gasteiger partial charge in [-0.3, -0.25) is 14.4 Å². The first-order valence-corrected chi connectivity index (χ1v) is 9.97. The fourth-order valence-electron chi connectivity index (χ4n) is 5.27. The molecule has 5 aliphatic rings. The molecule has 4 unspecified atom stereocenters. The van der Waals surface area contributed by atoms with Gasteiger partial charge >= 0.3 is 6.09 Å². The third kappa shape index (κ3) is 3.09. The molecule has 31 heavy (non-hydrogen) atoms. The van der Waals surface area contributed by atoms with E-state index >= 15 is 0 Å². The number of ketones is 2. The van der Waals surface area contributed by atoms with Gasteiger partial charge < -0.3 is 40.7 Å². The topological polar surface area (TPSA) is 176 Å². The maximum Gasteiger partial charge on any atom is 0.402 e. The van der Waals surface area contributed by atoms with E-state index in [1.165, 1.54) is 6.08 Å². The van der Waals surface area contributed by atoms with Gasteiger partial charge in [0.15, 0.2) is 5.72 Å². The molecule has 0 aromatic heterocycles. The summed E-state index contributed by atoms with van der Waals surface area (Å²) in [6.45, 7) is 2.36. The second-order valence-electron chi connectivity index (χ2n) is 8.00. The van der Waals surface area contributed by atoms with E-state index in [2.05, 4.69) is 11.1 Å². The number of piperazine rings is 2. The number of nitrogens with one attached hydrogen (secondary N) is 1. The Balaban J connectivity index is 0.000000535. The van der Waals surface area contributed by atoms with E-state index in [0.717, 1.165) is 6.41 Å². The van der Waals surface area contributed by atoms with Crippen molar-refractivity contribution < 1.29 is 34.1 Å². The first kappa shape index (κ1) is 21.3. The molecule has 0 aromatic rings. The molecule has 2 amide bonds. The van der Waals surface area contributed by atoms with Gasteiger partial charge in [0.1, 0.15) is 0 Å². The fourth-order valence-corrected chi connectivity index (χ4v) is 5.27. The van der Waals surface area contributed by atoms with Crippen LogP contribution >= 0.6 is 0 Å². The number of hydrogen-bond acceptors (Lipinski definition) is 9. The zero-order valence-corrected chi connectivity index (χ0v) is 17.0. The number of aliphatic hydroxyl groups excluding tert-OH is 1. The second-order valence-corrected chi connectivity index (χ2v) is 8.00. The van der Waals surface area contributed by atoms with E-state index < -0.39 is 17.7 Å². The maximum atomic E-state index is 13.4. The van der Waals surface area contributed by atoms with E-state index in [9.17, 15) is 19.5 Å². The van der Waals surface area contributed by atoms with Gasteiger partial charge in [-0.2, -0.15) is 0 Å². The fraction of sp³-hybridized carbons (Fsp3) is 0.579. The first-order chi connectivity index (χ1) is 14.8. The van der Waals surface area contributed by atoms with Gasteiger partial charge in [0, 0.05) is 57.5 Å². The van der Waals surface area contributed by atoms with Crippen molar-refractivity contribution in [3.05, 3.63) is 23.0 Å². The Labute approximate surface area is 177 Å². The highest BCUT2D eigenvalue weighted by Crippen LogP contribution is 2.55. The molecular weight excluding hydrogens is 410 g/mol. The van der Waals surface area contributed by atoms with Crippen molar-refractivity contribution in [3.8, 4) is 0 Å². The number of nitrogens with zero attached hydrogens (tertiary/aromatic N) is 3. The van der Waals surface area contributed by atoms with Crippen molar-refractivity contribution in [1.82, 2.24) is 20.0 Å². The highest BCUT2D eigenvalue weighted by molar-refractivity contribution is 6.23. The normalized spacial score (nSPS) is 33.3. The molecule has 3 saturated heterocycles. The minimum Gasteiger partial charge on any atom is -0.465 e. The standard InChI is InChI=1S/C18H22N4O5.CH3NO2/c1-27-18-10(8-23)14-15(22(18)7-11-17(18)19-11)13(25)6-12(16(14)26)21-4-2-20(9-24)3-5-21;2-1(3)4/h6,9-11,17,19,23H,2-5,7-8H2,1H3;2H2,(H,3,4). The molecule has 1 aliphatic carbocycles. The number of nitrogens with two attached hydrogens (primary N) is 1. The monoisotopic (exact) mass is 435 g/mol. The van der Waals surface area contributed by atoms with Gasteiger partial charge in [0.05, 0.1) is 30.0 Å². The predicted octanol–water partition coefficient (Wildman–Crippen LogP) is -2.71. The van der Waals surface area contributed by atoms with Crippen molar-refractivity contribution in [2.75, 3.05) is 46.4 Å². The molecule has 4 atom stereocenters. The number of aliphatic hydroxyl groups is 1. The Bertz CT molecular complexity index is 890. The number of carboxylic acid groups (broad SMARTS) is 1. The van der Waals surface area contributed by atoms with E-state index in [4.69, 9.17) is 14.6 Å². The molecule has 5 rings (SSSR count). The third-order valence-electron chi connectivity index (χ3n) is 6.60. The number of allylic oxidation sites excluding steroid dienone is 2. The lowest BCUT2D eigenvalue weighted by Crippen LogP contribution is -2.54. The van der Waals surface area contributed by atoms with Crippen molar-refractivity contribution in [1.29, 1.82) is 0 Å².